The third-order valence-electron chi connectivity index (χ3n) is 2.46. The van der Waals surface area contributed by atoms with Gasteiger partial charge in [0.25, 0.3) is 0 Å². The molecular formula is C10H17P. The van der Waals surface area contributed by atoms with Gasteiger partial charge in [0.05, 0.1) is 0 Å². The van der Waals surface area contributed by atoms with Gasteiger partial charge in [-0.15, -0.1) is 9.24 Å². The molecule has 0 fully saturated rings. The number of hydrogen-bond donors (Lipinski definition) is 0. The van der Waals surface area contributed by atoms with Crippen LogP contribution in [0.1, 0.15) is 26.2 Å². The number of allylic oxidation sites excluding steroid dienone is 3. The molecule has 0 aliphatic heterocycles. The van der Waals surface area contributed by atoms with Crippen LogP contribution in [0.15, 0.2) is 23.8 Å². The molecule has 0 radical (unpaired) electrons. The SMILES string of the molecule is C=C(C)C1CC=C(CP)CC1. The summed E-state index contributed by atoms with van der Waals surface area (Å²) in [5, 5.41) is 0. The minimum atomic E-state index is 0.760. The third-order valence-corrected chi connectivity index (χ3v) is 2.99. The van der Waals surface area contributed by atoms with Crippen molar-refractivity contribution in [1.82, 2.24) is 0 Å². The number of rotatable bonds is 2. The lowest BCUT2D eigenvalue weighted by Crippen LogP contribution is -2.06. The van der Waals surface area contributed by atoms with Crippen LogP contribution in [0.3, 0.4) is 0 Å². The Morgan fingerprint density at radius 3 is 2.91 bits per heavy atom. The Hall–Kier alpha value is -0.0900. The fraction of sp³-hybridized carbons (Fsp3) is 0.600. The average Bonchev–Trinajstić information content (AvgIpc) is 2.05. The van der Waals surface area contributed by atoms with Crippen LogP contribution in [0.4, 0.5) is 0 Å². The highest BCUT2D eigenvalue weighted by Crippen LogP contribution is 2.28. The second kappa shape index (κ2) is 4.07. The van der Waals surface area contributed by atoms with Crippen LogP contribution < -0.4 is 0 Å². The fourth-order valence-electron chi connectivity index (χ4n) is 1.52. The predicted octanol–water partition coefficient (Wildman–Crippen LogP) is 3.16. The molecule has 62 valence electrons. The van der Waals surface area contributed by atoms with Gasteiger partial charge in [-0.1, -0.05) is 23.8 Å². The van der Waals surface area contributed by atoms with Crippen molar-refractivity contribution in [2.24, 2.45) is 5.92 Å². The first-order chi connectivity index (χ1) is 5.24. The van der Waals surface area contributed by atoms with E-state index in [1.165, 1.54) is 24.8 Å². The molecule has 2 unspecified atom stereocenters. The van der Waals surface area contributed by atoms with Gasteiger partial charge in [0, 0.05) is 0 Å². The van der Waals surface area contributed by atoms with Gasteiger partial charge < -0.3 is 0 Å². The summed E-state index contributed by atoms with van der Waals surface area (Å²) in [5.74, 6) is 0.760. The Morgan fingerprint density at radius 1 is 1.82 bits per heavy atom. The van der Waals surface area contributed by atoms with Crippen LogP contribution in [0, 0.1) is 5.92 Å². The number of hydrogen-bond acceptors (Lipinski definition) is 0. The maximum atomic E-state index is 4.00. The van der Waals surface area contributed by atoms with Gasteiger partial charge in [-0.05, 0) is 38.3 Å². The van der Waals surface area contributed by atoms with E-state index in [2.05, 4.69) is 28.8 Å². The maximum Gasteiger partial charge on any atom is -0.0170 e. The molecule has 11 heavy (non-hydrogen) atoms. The quantitative estimate of drug-likeness (QED) is 0.439. The van der Waals surface area contributed by atoms with E-state index < -0.39 is 0 Å². The average molecular weight is 168 g/mol. The van der Waals surface area contributed by atoms with E-state index >= 15 is 0 Å². The van der Waals surface area contributed by atoms with Gasteiger partial charge in [0.1, 0.15) is 0 Å². The van der Waals surface area contributed by atoms with Gasteiger partial charge >= 0.3 is 0 Å². The predicted molar refractivity (Wildman–Crippen MR) is 54.8 cm³/mol. The van der Waals surface area contributed by atoms with Gasteiger partial charge in [-0.3, -0.25) is 0 Å². The molecule has 1 aliphatic carbocycles. The highest BCUT2D eigenvalue weighted by atomic mass is 31.0. The Labute approximate surface area is 72.0 Å². The first-order valence-electron chi connectivity index (χ1n) is 4.27. The molecule has 0 bridgehead atoms. The lowest BCUT2D eigenvalue weighted by molar-refractivity contribution is 0.541. The zero-order valence-electron chi connectivity index (χ0n) is 7.27. The van der Waals surface area contributed by atoms with Gasteiger partial charge in [-0.25, -0.2) is 0 Å². The Bertz CT molecular complexity index is 179. The summed E-state index contributed by atoms with van der Waals surface area (Å²) in [4.78, 5) is 0. The van der Waals surface area contributed by atoms with Crippen molar-refractivity contribution in [2.45, 2.75) is 26.2 Å². The van der Waals surface area contributed by atoms with Gasteiger partial charge in [0.2, 0.25) is 0 Å². The Balaban J connectivity index is 2.47. The molecule has 0 aromatic rings. The van der Waals surface area contributed by atoms with Crippen molar-refractivity contribution in [3.8, 4) is 0 Å². The molecule has 0 amide bonds. The summed E-state index contributed by atoms with van der Waals surface area (Å²) in [6, 6.07) is 0. The standard InChI is InChI=1S/C10H17P/c1-8(2)10-5-3-9(7-11)4-6-10/h3,10H,1,4-7,11H2,2H3. The van der Waals surface area contributed by atoms with Crippen molar-refractivity contribution in [3.05, 3.63) is 23.8 Å². The third kappa shape index (κ3) is 2.45. The monoisotopic (exact) mass is 168 g/mol. The molecule has 0 aromatic heterocycles. The summed E-state index contributed by atoms with van der Waals surface area (Å²) >= 11 is 0. The largest absolute Gasteiger partial charge is 0.133 e. The van der Waals surface area contributed by atoms with Crippen LogP contribution >= 0.6 is 9.24 Å². The molecule has 0 saturated carbocycles. The maximum absolute atomic E-state index is 4.00. The molecule has 1 rings (SSSR count). The fourth-order valence-corrected chi connectivity index (χ4v) is 1.89. The van der Waals surface area contributed by atoms with E-state index in [0.717, 1.165) is 12.1 Å². The molecular weight excluding hydrogens is 151 g/mol. The van der Waals surface area contributed by atoms with Crippen LogP contribution in [-0.2, 0) is 0 Å². The highest BCUT2D eigenvalue weighted by molar-refractivity contribution is 7.16. The Morgan fingerprint density at radius 2 is 2.55 bits per heavy atom. The normalized spacial score (nSPS) is 24.5. The van der Waals surface area contributed by atoms with Crippen molar-refractivity contribution in [2.75, 3.05) is 6.16 Å². The van der Waals surface area contributed by atoms with E-state index in [0.29, 0.717) is 0 Å². The zero-order valence-corrected chi connectivity index (χ0v) is 8.42. The summed E-state index contributed by atoms with van der Waals surface area (Å²) < 4.78 is 0. The van der Waals surface area contributed by atoms with Crippen LogP contribution in [0.2, 0.25) is 0 Å². The smallest absolute Gasteiger partial charge is 0.0170 e. The molecule has 0 N–H and O–H groups in total. The topological polar surface area (TPSA) is 0 Å². The molecule has 0 spiro atoms. The van der Waals surface area contributed by atoms with E-state index in [9.17, 15) is 0 Å². The zero-order chi connectivity index (χ0) is 8.27. The van der Waals surface area contributed by atoms with Crippen molar-refractivity contribution < 1.29 is 0 Å². The molecule has 1 heteroatoms. The van der Waals surface area contributed by atoms with Crippen molar-refractivity contribution in [1.29, 1.82) is 0 Å². The van der Waals surface area contributed by atoms with Crippen LogP contribution in [0.25, 0.3) is 0 Å². The van der Waals surface area contributed by atoms with E-state index in [-0.39, 0.29) is 0 Å². The minimum Gasteiger partial charge on any atom is -0.133 e. The highest BCUT2D eigenvalue weighted by Gasteiger charge is 2.13. The second-order valence-corrected chi connectivity index (χ2v) is 3.79. The molecule has 1 aliphatic rings. The van der Waals surface area contributed by atoms with Gasteiger partial charge in [-0.2, -0.15) is 0 Å². The van der Waals surface area contributed by atoms with Crippen molar-refractivity contribution in [3.63, 3.8) is 0 Å². The van der Waals surface area contributed by atoms with E-state index in [4.69, 9.17) is 0 Å². The molecule has 0 heterocycles. The molecule has 0 nitrogen and oxygen atoms in total. The minimum absolute atomic E-state index is 0.760. The summed E-state index contributed by atoms with van der Waals surface area (Å²) in [6.07, 6.45) is 7.36. The molecule has 0 aromatic carbocycles. The molecule has 0 saturated heterocycles. The first kappa shape index (κ1) is 9.00. The van der Waals surface area contributed by atoms with Crippen LogP contribution in [-0.4, -0.2) is 6.16 Å². The second-order valence-electron chi connectivity index (χ2n) is 3.38. The molecule has 2 atom stereocenters. The summed E-state index contributed by atoms with van der Waals surface area (Å²) in [5.41, 5.74) is 2.96. The Kier molecular flexibility index (Phi) is 3.33. The van der Waals surface area contributed by atoms with Crippen LogP contribution in [0.5, 0.6) is 0 Å². The lowest BCUT2D eigenvalue weighted by atomic mass is 9.86. The first-order valence-corrected chi connectivity index (χ1v) is 5.09. The van der Waals surface area contributed by atoms with E-state index in [1.807, 2.05) is 0 Å². The van der Waals surface area contributed by atoms with Crippen molar-refractivity contribution >= 4 is 9.24 Å². The van der Waals surface area contributed by atoms with E-state index in [1.54, 1.807) is 5.57 Å². The summed E-state index contributed by atoms with van der Waals surface area (Å²) in [7, 11) is 2.79. The van der Waals surface area contributed by atoms with Gasteiger partial charge in [0.15, 0.2) is 0 Å². The lowest BCUT2D eigenvalue weighted by Gasteiger charge is -2.21. The summed E-state index contributed by atoms with van der Waals surface area (Å²) in [6.45, 7) is 6.14.